The van der Waals surface area contributed by atoms with Gasteiger partial charge >= 0.3 is 0 Å². The van der Waals surface area contributed by atoms with Crippen LogP contribution in [0.3, 0.4) is 0 Å². The Labute approximate surface area is 142 Å². The molecule has 1 aromatic rings. The molecule has 1 aromatic heterocycles. The molecule has 2 aliphatic rings. The second-order valence-corrected chi connectivity index (χ2v) is 6.42. The van der Waals surface area contributed by atoms with Crippen molar-refractivity contribution in [3.8, 4) is 0 Å². The van der Waals surface area contributed by atoms with Crippen LogP contribution in [0.15, 0.2) is 18.3 Å². The Bertz CT molecular complexity index is 511. The van der Waals surface area contributed by atoms with Crippen molar-refractivity contribution in [2.45, 2.75) is 6.54 Å². The summed E-state index contributed by atoms with van der Waals surface area (Å²) < 4.78 is 5.32. The van der Waals surface area contributed by atoms with E-state index in [-0.39, 0.29) is 5.91 Å². The van der Waals surface area contributed by atoms with Gasteiger partial charge in [-0.1, -0.05) is 17.7 Å². The maximum absolute atomic E-state index is 12.4. The fourth-order valence-corrected chi connectivity index (χ4v) is 3.08. The number of carbonyl (C=O) groups excluding carboxylic acids is 1. The fraction of sp³-hybridized carbons (Fsp3) is 0.625. The van der Waals surface area contributed by atoms with Crippen LogP contribution in [-0.4, -0.2) is 84.6 Å². The number of hydrogen-bond donors (Lipinski definition) is 0. The van der Waals surface area contributed by atoms with Crippen LogP contribution < -0.4 is 0 Å². The van der Waals surface area contributed by atoms with E-state index in [9.17, 15) is 4.79 Å². The van der Waals surface area contributed by atoms with Crippen molar-refractivity contribution < 1.29 is 9.53 Å². The summed E-state index contributed by atoms with van der Waals surface area (Å²) in [6.07, 6.45) is 1.82. The predicted octanol–water partition coefficient (Wildman–Crippen LogP) is 0.711. The first-order chi connectivity index (χ1) is 11.2. The Morgan fingerprint density at radius 3 is 2.48 bits per heavy atom. The standard InChI is InChI=1S/C16H23ClN4O2/c17-15-2-1-14(11-18-15)12-19-3-5-21(6-4-19)16(22)13-20-7-9-23-10-8-20/h1-2,11H,3-10,12-13H2. The first-order valence-corrected chi connectivity index (χ1v) is 8.49. The molecule has 7 heteroatoms. The quantitative estimate of drug-likeness (QED) is 0.757. The largest absolute Gasteiger partial charge is 0.379 e. The molecule has 23 heavy (non-hydrogen) atoms. The third-order valence-corrected chi connectivity index (χ3v) is 4.61. The molecule has 0 spiro atoms. The number of amides is 1. The molecule has 0 atom stereocenters. The number of aromatic nitrogens is 1. The molecule has 0 aromatic carbocycles. The van der Waals surface area contributed by atoms with Crippen molar-refractivity contribution in [1.82, 2.24) is 19.7 Å². The minimum atomic E-state index is 0.236. The molecule has 0 bridgehead atoms. The molecule has 0 radical (unpaired) electrons. The minimum Gasteiger partial charge on any atom is -0.379 e. The minimum absolute atomic E-state index is 0.236. The number of piperazine rings is 1. The molecule has 3 rings (SSSR count). The fourth-order valence-electron chi connectivity index (χ4n) is 2.96. The highest BCUT2D eigenvalue weighted by atomic mass is 35.5. The summed E-state index contributed by atoms with van der Waals surface area (Å²) in [5.74, 6) is 0.236. The topological polar surface area (TPSA) is 48.9 Å². The normalized spacial score (nSPS) is 20.7. The van der Waals surface area contributed by atoms with Crippen molar-refractivity contribution in [2.75, 3.05) is 59.0 Å². The molecule has 2 saturated heterocycles. The van der Waals surface area contributed by atoms with Crippen molar-refractivity contribution in [2.24, 2.45) is 0 Å². The summed E-state index contributed by atoms with van der Waals surface area (Å²) in [6, 6.07) is 3.82. The lowest BCUT2D eigenvalue weighted by Gasteiger charge is -2.36. The van der Waals surface area contributed by atoms with E-state index in [2.05, 4.69) is 14.8 Å². The Kier molecular flexibility index (Phi) is 5.83. The number of ether oxygens (including phenoxy) is 1. The Hall–Kier alpha value is -1.21. The van der Waals surface area contributed by atoms with Gasteiger partial charge in [-0.3, -0.25) is 14.6 Å². The maximum Gasteiger partial charge on any atom is 0.236 e. The van der Waals surface area contributed by atoms with Gasteiger partial charge in [0.05, 0.1) is 19.8 Å². The molecular weight excluding hydrogens is 316 g/mol. The van der Waals surface area contributed by atoms with Gasteiger partial charge in [0.15, 0.2) is 0 Å². The van der Waals surface area contributed by atoms with Crippen LogP contribution in [0.1, 0.15) is 5.56 Å². The third-order valence-electron chi connectivity index (χ3n) is 4.38. The van der Waals surface area contributed by atoms with Crippen molar-refractivity contribution in [3.63, 3.8) is 0 Å². The SMILES string of the molecule is O=C(CN1CCOCC1)N1CCN(Cc2ccc(Cl)nc2)CC1. The summed E-state index contributed by atoms with van der Waals surface area (Å²) in [5, 5.41) is 0.521. The van der Waals surface area contributed by atoms with Gasteiger partial charge in [0.2, 0.25) is 5.91 Å². The summed E-state index contributed by atoms with van der Waals surface area (Å²) in [4.78, 5) is 23.0. The van der Waals surface area contributed by atoms with Gasteiger partial charge in [0, 0.05) is 52.0 Å². The Morgan fingerprint density at radius 1 is 1.09 bits per heavy atom. The van der Waals surface area contributed by atoms with Crippen LogP contribution in [0.4, 0.5) is 0 Å². The monoisotopic (exact) mass is 338 g/mol. The summed E-state index contributed by atoms with van der Waals surface area (Å²) in [6.45, 7) is 7.94. The first kappa shape index (κ1) is 16.6. The molecule has 0 N–H and O–H groups in total. The highest BCUT2D eigenvalue weighted by Crippen LogP contribution is 2.11. The molecule has 2 fully saturated rings. The molecule has 3 heterocycles. The van der Waals surface area contributed by atoms with E-state index < -0.39 is 0 Å². The Balaban J connectivity index is 1.42. The van der Waals surface area contributed by atoms with Gasteiger partial charge in [-0.25, -0.2) is 4.98 Å². The number of carbonyl (C=O) groups is 1. The van der Waals surface area contributed by atoms with E-state index in [4.69, 9.17) is 16.3 Å². The van der Waals surface area contributed by atoms with E-state index in [1.54, 1.807) is 0 Å². The van der Waals surface area contributed by atoms with Crippen LogP contribution in [0, 0.1) is 0 Å². The Morgan fingerprint density at radius 2 is 1.83 bits per heavy atom. The molecule has 0 saturated carbocycles. The van der Waals surface area contributed by atoms with Crippen LogP contribution in [0.25, 0.3) is 0 Å². The van der Waals surface area contributed by atoms with Gasteiger partial charge in [-0.05, 0) is 11.6 Å². The van der Waals surface area contributed by atoms with Crippen LogP contribution in [0.5, 0.6) is 0 Å². The van der Waals surface area contributed by atoms with E-state index >= 15 is 0 Å². The third kappa shape index (κ3) is 4.88. The van der Waals surface area contributed by atoms with E-state index in [1.165, 1.54) is 0 Å². The second kappa shape index (κ2) is 8.06. The van der Waals surface area contributed by atoms with Crippen LogP contribution in [0.2, 0.25) is 5.15 Å². The lowest BCUT2D eigenvalue weighted by Crippen LogP contribution is -2.51. The summed E-state index contributed by atoms with van der Waals surface area (Å²) >= 11 is 5.81. The second-order valence-electron chi connectivity index (χ2n) is 6.03. The lowest BCUT2D eigenvalue weighted by atomic mass is 10.2. The summed E-state index contributed by atoms with van der Waals surface area (Å²) in [5.41, 5.74) is 1.16. The van der Waals surface area contributed by atoms with Gasteiger partial charge in [-0.15, -0.1) is 0 Å². The molecule has 126 valence electrons. The molecule has 1 amide bonds. The molecule has 0 aliphatic carbocycles. The highest BCUT2D eigenvalue weighted by Gasteiger charge is 2.23. The number of pyridine rings is 1. The maximum atomic E-state index is 12.4. The van der Waals surface area contributed by atoms with Gasteiger partial charge < -0.3 is 9.64 Å². The number of hydrogen-bond acceptors (Lipinski definition) is 5. The zero-order chi connectivity index (χ0) is 16.1. The molecule has 6 nitrogen and oxygen atoms in total. The smallest absolute Gasteiger partial charge is 0.236 e. The molecular formula is C16H23ClN4O2. The number of morpholine rings is 1. The van der Waals surface area contributed by atoms with E-state index in [0.717, 1.165) is 64.6 Å². The number of halogens is 1. The van der Waals surface area contributed by atoms with E-state index in [0.29, 0.717) is 11.7 Å². The average Bonchev–Trinajstić information content (AvgIpc) is 2.58. The number of nitrogens with zero attached hydrogens (tertiary/aromatic N) is 4. The molecule has 0 unspecified atom stereocenters. The van der Waals surface area contributed by atoms with Crippen LogP contribution >= 0.6 is 11.6 Å². The van der Waals surface area contributed by atoms with Gasteiger partial charge in [0.25, 0.3) is 0 Å². The van der Waals surface area contributed by atoms with E-state index in [1.807, 2.05) is 23.2 Å². The van der Waals surface area contributed by atoms with Gasteiger partial charge in [0.1, 0.15) is 5.15 Å². The predicted molar refractivity (Wildman–Crippen MR) is 88.4 cm³/mol. The number of rotatable bonds is 4. The lowest BCUT2D eigenvalue weighted by molar-refractivity contribution is -0.135. The van der Waals surface area contributed by atoms with Crippen molar-refractivity contribution in [3.05, 3.63) is 29.0 Å². The highest BCUT2D eigenvalue weighted by molar-refractivity contribution is 6.29. The molecule has 2 aliphatic heterocycles. The van der Waals surface area contributed by atoms with Crippen LogP contribution in [-0.2, 0) is 16.1 Å². The zero-order valence-corrected chi connectivity index (χ0v) is 14.0. The summed E-state index contributed by atoms with van der Waals surface area (Å²) in [7, 11) is 0. The first-order valence-electron chi connectivity index (χ1n) is 8.11. The van der Waals surface area contributed by atoms with Crippen molar-refractivity contribution in [1.29, 1.82) is 0 Å². The average molecular weight is 339 g/mol. The van der Waals surface area contributed by atoms with Gasteiger partial charge in [-0.2, -0.15) is 0 Å². The van der Waals surface area contributed by atoms with Crippen molar-refractivity contribution >= 4 is 17.5 Å². The zero-order valence-electron chi connectivity index (χ0n) is 13.3.